The molecule has 5 heteroatoms. The third-order valence-corrected chi connectivity index (χ3v) is 3.72. The first-order valence-corrected chi connectivity index (χ1v) is 6.83. The molecule has 1 aromatic heterocycles. The number of hydrogen-bond acceptors (Lipinski definition) is 4. The Bertz CT molecular complexity index is 369. The zero-order valence-corrected chi connectivity index (χ0v) is 11.2. The third kappa shape index (κ3) is 3.92. The van der Waals surface area contributed by atoms with Gasteiger partial charge < -0.3 is 4.74 Å². The fourth-order valence-electron chi connectivity index (χ4n) is 2.36. The first-order valence-electron chi connectivity index (χ1n) is 6.45. The lowest BCUT2D eigenvalue weighted by Crippen LogP contribution is -2.40. The van der Waals surface area contributed by atoms with Crippen molar-refractivity contribution >= 4 is 11.6 Å². The Morgan fingerprint density at radius 2 is 2.44 bits per heavy atom. The minimum absolute atomic E-state index is 0.188. The van der Waals surface area contributed by atoms with E-state index in [9.17, 15) is 0 Å². The topological polar surface area (TPSA) is 60.2 Å². The number of nitrogens with two attached hydrogens (primary N) is 1. The number of hydrazine groups is 1. The second-order valence-corrected chi connectivity index (χ2v) is 5.17. The Morgan fingerprint density at radius 1 is 1.56 bits per heavy atom. The maximum Gasteiger partial charge on any atom is 0.0621 e. The molecule has 1 saturated heterocycles. The highest BCUT2D eigenvalue weighted by Crippen LogP contribution is 2.20. The molecule has 2 unspecified atom stereocenters. The molecule has 0 saturated carbocycles. The van der Waals surface area contributed by atoms with Gasteiger partial charge in [0.15, 0.2) is 0 Å². The van der Waals surface area contributed by atoms with Crippen LogP contribution in [0.1, 0.15) is 31.2 Å². The van der Waals surface area contributed by atoms with E-state index in [0.29, 0.717) is 11.1 Å². The Kier molecular flexibility index (Phi) is 5.38. The Morgan fingerprint density at radius 3 is 3.11 bits per heavy atom. The molecule has 0 bridgehead atoms. The predicted octanol–water partition coefficient (Wildman–Crippen LogP) is 2.07. The van der Waals surface area contributed by atoms with Crippen LogP contribution in [-0.4, -0.2) is 23.7 Å². The molecule has 0 aromatic carbocycles. The van der Waals surface area contributed by atoms with E-state index in [0.717, 1.165) is 31.4 Å². The van der Waals surface area contributed by atoms with Gasteiger partial charge in [-0.15, -0.1) is 0 Å². The lowest BCUT2D eigenvalue weighted by molar-refractivity contribution is 0.00524. The molecule has 2 heterocycles. The summed E-state index contributed by atoms with van der Waals surface area (Å²) in [5, 5.41) is 0.697. The van der Waals surface area contributed by atoms with Crippen molar-refractivity contribution in [2.75, 3.05) is 6.61 Å². The molecule has 2 atom stereocenters. The number of halogens is 1. The van der Waals surface area contributed by atoms with Crippen molar-refractivity contribution < 1.29 is 4.74 Å². The zero-order chi connectivity index (χ0) is 12.8. The minimum Gasteiger partial charge on any atom is -0.378 e. The molecule has 1 aliphatic rings. The number of pyridine rings is 1. The highest BCUT2D eigenvalue weighted by atomic mass is 35.5. The number of nitrogens with zero attached hydrogens (tertiary/aromatic N) is 1. The molecule has 1 aliphatic heterocycles. The largest absolute Gasteiger partial charge is 0.378 e. The lowest BCUT2D eigenvalue weighted by Gasteiger charge is -2.26. The molecule has 0 aliphatic carbocycles. The molecule has 1 fully saturated rings. The second kappa shape index (κ2) is 7.04. The van der Waals surface area contributed by atoms with Crippen LogP contribution < -0.4 is 11.3 Å². The van der Waals surface area contributed by atoms with E-state index in [1.165, 1.54) is 12.8 Å². The molecule has 2 rings (SSSR count). The van der Waals surface area contributed by atoms with Crippen molar-refractivity contribution in [2.45, 2.75) is 44.2 Å². The summed E-state index contributed by atoms with van der Waals surface area (Å²) < 4.78 is 5.74. The number of rotatable bonds is 5. The summed E-state index contributed by atoms with van der Waals surface area (Å²) >= 11 is 6.11. The van der Waals surface area contributed by atoms with Gasteiger partial charge in [-0.1, -0.05) is 11.6 Å². The van der Waals surface area contributed by atoms with Gasteiger partial charge in [-0.05, 0) is 43.7 Å². The van der Waals surface area contributed by atoms with Crippen molar-refractivity contribution in [3.05, 3.63) is 29.0 Å². The van der Waals surface area contributed by atoms with E-state index >= 15 is 0 Å². The van der Waals surface area contributed by atoms with Gasteiger partial charge in [-0.2, -0.15) is 0 Å². The molecular weight excluding hydrogens is 250 g/mol. The summed E-state index contributed by atoms with van der Waals surface area (Å²) in [4.78, 5) is 3.99. The molecule has 3 N–H and O–H groups in total. The van der Waals surface area contributed by atoms with Crippen LogP contribution in [-0.2, 0) is 11.2 Å². The molecule has 18 heavy (non-hydrogen) atoms. The average molecular weight is 270 g/mol. The number of ether oxygens (including phenoxy) is 1. The summed E-state index contributed by atoms with van der Waals surface area (Å²) in [6.45, 7) is 0.873. The second-order valence-electron chi connectivity index (χ2n) is 4.76. The van der Waals surface area contributed by atoms with Crippen LogP contribution in [0.15, 0.2) is 18.5 Å². The Labute approximate surface area is 113 Å². The van der Waals surface area contributed by atoms with Gasteiger partial charge in [-0.25, -0.2) is 0 Å². The maximum absolute atomic E-state index is 6.11. The molecule has 0 radical (unpaired) electrons. The number of nitrogens with one attached hydrogen (secondary N) is 1. The summed E-state index contributed by atoms with van der Waals surface area (Å²) in [5.41, 5.74) is 3.94. The summed E-state index contributed by atoms with van der Waals surface area (Å²) in [5.74, 6) is 5.62. The lowest BCUT2D eigenvalue weighted by atomic mass is 9.98. The summed E-state index contributed by atoms with van der Waals surface area (Å²) in [6, 6.07) is 2.13. The van der Waals surface area contributed by atoms with Gasteiger partial charge >= 0.3 is 0 Å². The smallest absolute Gasteiger partial charge is 0.0621 e. The quantitative estimate of drug-likeness (QED) is 0.635. The molecule has 1 aromatic rings. The van der Waals surface area contributed by atoms with Crippen LogP contribution >= 0.6 is 11.6 Å². The van der Waals surface area contributed by atoms with E-state index in [4.69, 9.17) is 22.2 Å². The molecule has 4 nitrogen and oxygen atoms in total. The van der Waals surface area contributed by atoms with Gasteiger partial charge in [-0.3, -0.25) is 16.3 Å². The normalized spacial score (nSPS) is 21.8. The molecule has 100 valence electrons. The first-order chi connectivity index (χ1) is 8.79. The van der Waals surface area contributed by atoms with E-state index in [2.05, 4.69) is 10.4 Å². The van der Waals surface area contributed by atoms with E-state index in [1.807, 2.05) is 6.07 Å². The van der Waals surface area contributed by atoms with E-state index < -0.39 is 0 Å². The Balaban J connectivity index is 1.90. The van der Waals surface area contributed by atoms with Crippen LogP contribution in [0, 0.1) is 0 Å². The van der Waals surface area contributed by atoms with Crippen LogP contribution in [0.4, 0.5) is 0 Å². The monoisotopic (exact) mass is 269 g/mol. The number of aromatic nitrogens is 1. The summed E-state index contributed by atoms with van der Waals surface area (Å²) in [6.07, 6.45) is 9.02. The van der Waals surface area contributed by atoms with Crippen LogP contribution in [0.2, 0.25) is 5.02 Å². The van der Waals surface area contributed by atoms with Gasteiger partial charge in [0.05, 0.1) is 11.1 Å². The maximum atomic E-state index is 6.11. The fourth-order valence-corrected chi connectivity index (χ4v) is 2.55. The van der Waals surface area contributed by atoms with Crippen molar-refractivity contribution in [1.82, 2.24) is 10.4 Å². The molecule has 0 amide bonds. The van der Waals surface area contributed by atoms with E-state index in [1.54, 1.807) is 12.4 Å². The molecular formula is C13H20ClN3O. The summed E-state index contributed by atoms with van der Waals surface area (Å²) in [7, 11) is 0. The SMILES string of the molecule is NNC(Cc1ccncc1Cl)CC1CCCCO1. The van der Waals surface area contributed by atoms with Gasteiger partial charge in [0.2, 0.25) is 0 Å². The fraction of sp³-hybridized carbons (Fsp3) is 0.615. The van der Waals surface area contributed by atoms with Crippen molar-refractivity contribution in [3.63, 3.8) is 0 Å². The first kappa shape index (κ1) is 13.7. The van der Waals surface area contributed by atoms with Crippen molar-refractivity contribution in [3.8, 4) is 0 Å². The van der Waals surface area contributed by atoms with Crippen molar-refractivity contribution in [1.29, 1.82) is 0 Å². The van der Waals surface area contributed by atoms with Gasteiger partial charge in [0, 0.05) is 25.0 Å². The highest BCUT2D eigenvalue weighted by molar-refractivity contribution is 6.31. The Hall–Kier alpha value is -0.680. The van der Waals surface area contributed by atoms with Crippen LogP contribution in [0.5, 0.6) is 0 Å². The predicted molar refractivity (Wildman–Crippen MR) is 72.3 cm³/mol. The number of hydrogen-bond donors (Lipinski definition) is 2. The van der Waals surface area contributed by atoms with E-state index in [-0.39, 0.29) is 6.04 Å². The van der Waals surface area contributed by atoms with Crippen LogP contribution in [0.25, 0.3) is 0 Å². The van der Waals surface area contributed by atoms with Crippen molar-refractivity contribution in [2.24, 2.45) is 5.84 Å². The molecule has 0 spiro atoms. The third-order valence-electron chi connectivity index (χ3n) is 3.38. The average Bonchev–Trinajstić information content (AvgIpc) is 2.41. The van der Waals surface area contributed by atoms with Crippen LogP contribution in [0.3, 0.4) is 0 Å². The van der Waals surface area contributed by atoms with Gasteiger partial charge in [0.1, 0.15) is 0 Å². The minimum atomic E-state index is 0.188. The zero-order valence-electron chi connectivity index (χ0n) is 10.4. The van der Waals surface area contributed by atoms with Gasteiger partial charge in [0.25, 0.3) is 0 Å². The highest BCUT2D eigenvalue weighted by Gasteiger charge is 2.19. The standard InChI is InChI=1S/C13H20ClN3O/c14-13-9-16-5-4-10(13)7-11(17-15)8-12-3-1-2-6-18-12/h4-5,9,11-12,17H,1-3,6-8,15H2.